The number of hydrogen-bond acceptors (Lipinski definition) is 4. The maximum absolute atomic E-state index is 13.5. The normalized spacial score (nSPS) is 17.6. The third kappa shape index (κ3) is 3.16. The van der Waals surface area contributed by atoms with E-state index in [9.17, 15) is 4.39 Å². The third-order valence-corrected chi connectivity index (χ3v) is 4.34. The van der Waals surface area contributed by atoms with Gasteiger partial charge in [-0.2, -0.15) is 5.10 Å². The summed E-state index contributed by atoms with van der Waals surface area (Å²) in [6, 6.07) is 9.83. The molecule has 5 nitrogen and oxygen atoms in total. The van der Waals surface area contributed by atoms with Gasteiger partial charge < -0.3 is 9.64 Å². The molecule has 1 aromatic carbocycles. The maximum atomic E-state index is 13.5. The Labute approximate surface area is 146 Å². The molecular weight excluding hydrogens is 319 g/mol. The molecule has 1 atom stereocenters. The summed E-state index contributed by atoms with van der Waals surface area (Å²) in [5, 5.41) is 5.55. The number of ether oxygens (including phenoxy) is 1. The van der Waals surface area contributed by atoms with Gasteiger partial charge in [-0.1, -0.05) is 0 Å². The first-order chi connectivity index (χ1) is 12.1. The summed E-state index contributed by atoms with van der Waals surface area (Å²) in [7, 11) is 0. The van der Waals surface area contributed by atoms with Crippen molar-refractivity contribution in [3.05, 3.63) is 42.7 Å². The molecule has 3 heterocycles. The lowest BCUT2D eigenvalue weighted by atomic mass is 10.2. The van der Waals surface area contributed by atoms with E-state index in [1.54, 1.807) is 6.20 Å². The van der Waals surface area contributed by atoms with Crippen LogP contribution in [0.5, 0.6) is 5.75 Å². The van der Waals surface area contributed by atoms with Crippen LogP contribution in [-0.2, 0) is 0 Å². The van der Waals surface area contributed by atoms with Gasteiger partial charge in [-0.25, -0.2) is 14.1 Å². The molecule has 0 bridgehead atoms. The van der Waals surface area contributed by atoms with Crippen LogP contribution in [0.1, 0.15) is 20.3 Å². The molecule has 6 heteroatoms. The molecule has 25 heavy (non-hydrogen) atoms. The number of alkyl halides is 1. The molecule has 1 saturated heterocycles. The molecule has 3 aromatic rings. The third-order valence-electron chi connectivity index (χ3n) is 4.34. The Bertz CT molecular complexity index is 892. The largest absolute Gasteiger partial charge is 0.491 e. The number of anilines is 1. The van der Waals surface area contributed by atoms with Gasteiger partial charge in [-0.15, -0.1) is 0 Å². The highest BCUT2D eigenvalue weighted by molar-refractivity contribution is 5.81. The minimum absolute atomic E-state index is 0.116. The average molecular weight is 340 g/mol. The highest BCUT2D eigenvalue weighted by Crippen LogP contribution is 2.26. The summed E-state index contributed by atoms with van der Waals surface area (Å²) >= 11 is 0. The lowest BCUT2D eigenvalue weighted by Crippen LogP contribution is -2.21. The Morgan fingerprint density at radius 2 is 2.12 bits per heavy atom. The van der Waals surface area contributed by atoms with Gasteiger partial charge in [0.2, 0.25) is 0 Å². The van der Waals surface area contributed by atoms with Crippen molar-refractivity contribution in [1.82, 2.24) is 14.8 Å². The van der Waals surface area contributed by atoms with Gasteiger partial charge in [-0.3, -0.25) is 0 Å². The van der Waals surface area contributed by atoms with E-state index in [-0.39, 0.29) is 6.10 Å². The van der Waals surface area contributed by atoms with Crippen LogP contribution in [0.25, 0.3) is 16.6 Å². The van der Waals surface area contributed by atoms with Crippen LogP contribution in [0.4, 0.5) is 10.2 Å². The predicted molar refractivity (Wildman–Crippen MR) is 96.4 cm³/mol. The van der Waals surface area contributed by atoms with Crippen LogP contribution in [-0.4, -0.2) is 40.1 Å². The van der Waals surface area contributed by atoms with Crippen molar-refractivity contribution in [2.75, 3.05) is 18.0 Å². The van der Waals surface area contributed by atoms with Crippen molar-refractivity contribution < 1.29 is 9.13 Å². The fourth-order valence-corrected chi connectivity index (χ4v) is 3.19. The van der Waals surface area contributed by atoms with E-state index in [0.717, 1.165) is 28.2 Å². The van der Waals surface area contributed by atoms with E-state index < -0.39 is 6.17 Å². The van der Waals surface area contributed by atoms with Gasteiger partial charge in [0.15, 0.2) is 0 Å². The SMILES string of the molecule is CC(C)Oc1ccc2cnn(-c3ccnc(N4CC[C@H](F)C4)c3)c2c1. The van der Waals surface area contributed by atoms with Gasteiger partial charge >= 0.3 is 0 Å². The Balaban J connectivity index is 1.71. The van der Waals surface area contributed by atoms with E-state index in [2.05, 4.69) is 10.1 Å². The Hall–Kier alpha value is -2.63. The van der Waals surface area contributed by atoms with Crippen molar-refractivity contribution in [2.24, 2.45) is 0 Å². The van der Waals surface area contributed by atoms with Crippen molar-refractivity contribution in [1.29, 1.82) is 0 Å². The smallest absolute Gasteiger partial charge is 0.130 e. The number of fused-ring (bicyclic) bond motifs is 1. The number of hydrogen-bond donors (Lipinski definition) is 0. The van der Waals surface area contributed by atoms with Gasteiger partial charge in [0.1, 0.15) is 17.7 Å². The van der Waals surface area contributed by atoms with E-state index in [1.165, 1.54) is 0 Å². The summed E-state index contributed by atoms with van der Waals surface area (Å²) in [4.78, 5) is 6.38. The maximum Gasteiger partial charge on any atom is 0.130 e. The minimum Gasteiger partial charge on any atom is -0.491 e. The van der Waals surface area contributed by atoms with Crippen LogP contribution in [0.15, 0.2) is 42.7 Å². The van der Waals surface area contributed by atoms with E-state index in [4.69, 9.17) is 4.74 Å². The molecule has 0 unspecified atom stereocenters. The molecule has 1 aliphatic heterocycles. The van der Waals surface area contributed by atoms with E-state index in [0.29, 0.717) is 19.5 Å². The number of pyridine rings is 1. The molecule has 0 aliphatic carbocycles. The molecule has 1 fully saturated rings. The molecule has 2 aromatic heterocycles. The first-order valence-electron chi connectivity index (χ1n) is 8.60. The summed E-state index contributed by atoms with van der Waals surface area (Å²) in [6.07, 6.45) is 3.49. The van der Waals surface area contributed by atoms with Crippen LogP contribution in [0.2, 0.25) is 0 Å². The second kappa shape index (κ2) is 6.35. The molecule has 1 aliphatic rings. The average Bonchev–Trinajstić information content (AvgIpc) is 3.20. The number of benzene rings is 1. The Kier molecular flexibility index (Phi) is 4.03. The van der Waals surface area contributed by atoms with Crippen molar-refractivity contribution in [3.8, 4) is 11.4 Å². The number of halogens is 1. The summed E-state index contributed by atoms with van der Waals surface area (Å²) in [5.41, 5.74) is 1.88. The molecule has 0 spiro atoms. The van der Waals surface area contributed by atoms with Crippen molar-refractivity contribution >= 4 is 16.7 Å². The zero-order valence-electron chi connectivity index (χ0n) is 14.4. The van der Waals surface area contributed by atoms with Crippen molar-refractivity contribution in [2.45, 2.75) is 32.5 Å². The fraction of sp³-hybridized carbons (Fsp3) is 0.368. The van der Waals surface area contributed by atoms with Gasteiger partial charge in [-0.05, 0) is 38.5 Å². The van der Waals surface area contributed by atoms with Crippen LogP contribution >= 0.6 is 0 Å². The van der Waals surface area contributed by atoms with Crippen LogP contribution < -0.4 is 9.64 Å². The first-order valence-corrected chi connectivity index (χ1v) is 8.60. The molecule has 0 radical (unpaired) electrons. The summed E-state index contributed by atoms with van der Waals surface area (Å²) in [6.45, 7) is 5.11. The van der Waals surface area contributed by atoms with Gasteiger partial charge in [0, 0.05) is 30.3 Å². The summed E-state index contributed by atoms with van der Waals surface area (Å²) in [5.74, 6) is 1.61. The fourth-order valence-electron chi connectivity index (χ4n) is 3.19. The van der Waals surface area contributed by atoms with Crippen LogP contribution in [0.3, 0.4) is 0 Å². The zero-order valence-corrected chi connectivity index (χ0v) is 14.4. The zero-order chi connectivity index (χ0) is 17.4. The Morgan fingerprint density at radius 1 is 1.24 bits per heavy atom. The molecule has 0 amide bonds. The van der Waals surface area contributed by atoms with Crippen LogP contribution in [0, 0.1) is 0 Å². The lowest BCUT2D eigenvalue weighted by molar-refractivity contribution is 0.242. The number of nitrogens with zero attached hydrogens (tertiary/aromatic N) is 4. The van der Waals surface area contributed by atoms with Crippen molar-refractivity contribution in [3.63, 3.8) is 0 Å². The highest BCUT2D eigenvalue weighted by Gasteiger charge is 2.23. The highest BCUT2D eigenvalue weighted by atomic mass is 19.1. The van der Waals surface area contributed by atoms with E-state index in [1.807, 2.05) is 60.0 Å². The molecule has 0 saturated carbocycles. The monoisotopic (exact) mass is 340 g/mol. The molecule has 4 rings (SSSR count). The molecular formula is C19H21FN4O. The lowest BCUT2D eigenvalue weighted by Gasteiger charge is -2.17. The second-order valence-corrected chi connectivity index (χ2v) is 6.65. The topological polar surface area (TPSA) is 43.2 Å². The number of aromatic nitrogens is 3. The molecule has 130 valence electrons. The van der Waals surface area contributed by atoms with Gasteiger partial charge in [0.25, 0.3) is 0 Å². The quantitative estimate of drug-likeness (QED) is 0.725. The first kappa shape index (κ1) is 15.9. The number of rotatable bonds is 4. The molecule has 0 N–H and O–H groups in total. The van der Waals surface area contributed by atoms with Gasteiger partial charge in [0.05, 0.1) is 30.0 Å². The summed E-state index contributed by atoms with van der Waals surface area (Å²) < 4.78 is 21.2. The predicted octanol–water partition coefficient (Wildman–Crippen LogP) is 3.76. The standard InChI is InChI=1S/C19H21FN4O/c1-13(2)25-17-4-3-14-11-22-24(18(14)10-17)16-5-7-21-19(9-16)23-8-6-15(20)12-23/h3-5,7,9-11,13,15H,6,8,12H2,1-2H3/t15-/m0/s1. The Morgan fingerprint density at radius 3 is 2.88 bits per heavy atom. The second-order valence-electron chi connectivity index (χ2n) is 6.65. The van der Waals surface area contributed by atoms with E-state index >= 15 is 0 Å². The minimum atomic E-state index is -0.772.